The summed E-state index contributed by atoms with van der Waals surface area (Å²) in [5.41, 5.74) is 3.57. The summed E-state index contributed by atoms with van der Waals surface area (Å²) in [6.07, 6.45) is -1.12. The molecule has 0 fully saturated rings. The molecule has 0 radical (unpaired) electrons. The molecule has 1 amide bonds. The molecule has 5 heteroatoms. The highest BCUT2D eigenvalue weighted by Crippen LogP contribution is 2.25. The van der Waals surface area contributed by atoms with Crippen molar-refractivity contribution in [2.75, 3.05) is 5.32 Å². The summed E-state index contributed by atoms with van der Waals surface area (Å²) in [5.74, 6) is 0.101. The molecule has 0 saturated heterocycles. The van der Waals surface area contributed by atoms with Crippen LogP contribution in [0.25, 0.3) is 0 Å². The zero-order valence-corrected chi connectivity index (χ0v) is 19.0. The van der Waals surface area contributed by atoms with Gasteiger partial charge in [-0.1, -0.05) is 60.7 Å². The van der Waals surface area contributed by atoms with Crippen LogP contribution in [0.3, 0.4) is 0 Å². The molecule has 1 N–H and O–H groups in total. The van der Waals surface area contributed by atoms with Gasteiger partial charge in [0.05, 0.1) is 5.56 Å². The van der Waals surface area contributed by atoms with E-state index in [4.69, 9.17) is 9.47 Å². The molecule has 34 heavy (non-hydrogen) atoms. The van der Waals surface area contributed by atoms with Crippen LogP contribution < -0.4 is 10.1 Å². The monoisotopic (exact) mass is 451 g/mol. The summed E-state index contributed by atoms with van der Waals surface area (Å²) in [4.78, 5) is 26.2. The van der Waals surface area contributed by atoms with Crippen molar-refractivity contribution < 1.29 is 19.1 Å². The lowest BCUT2D eigenvalue weighted by Crippen LogP contribution is -2.26. The highest BCUT2D eigenvalue weighted by atomic mass is 16.5. The Morgan fingerprint density at radius 3 is 2.00 bits per heavy atom. The largest absolute Gasteiger partial charge is 0.457 e. The Morgan fingerprint density at radius 1 is 0.706 bits per heavy atom. The second-order valence-electron chi connectivity index (χ2n) is 8.00. The van der Waals surface area contributed by atoms with Crippen molar-refractivity contribution in [3.63, 3.8) is 0 Å². The van der Waals surface area contributed by atoms with Crippen LogP contribution in [0.4, 0.5) is 5.69 Å². The quantitative estimate of drug-likeness (QED) is 0.320. The van der Waals surface area contributed by atoms with E-state index in [2.05, 4.69) is 5.32 Å². The molecule has 4 aromatic carbocycles. The number of nitrogens with one attached hydrogen (secondary N) is 1. The first-order chi connectivity index (χ1) is 16.5. The minimum absolute atomic E-state index is 0.286. The Kier molecular flexibility index (Phi) is 7.04. The van der Waals surface area contributed by atoms with E-state index in [-0.39, 0.29) is 5.56 Å². The first-order valence-corrected chi connectivity index (χ1v) is 11.0. The molecule has 0 saturated carbocycles. The normalized spacial score (nSPS) is 11.4. The average molecular weight is 452 g/mol. The number of rotatable bonds is 7. The number of amides is 1. The Balaban J connectivity index is 1.55. The summed E-state index contributed by atoms with van der Waals surface area (Å²) >= 11 is 0. The molecule has 0 bridgehead atoms. The van der Waals surface area contributed by atoms with Gasteiger partial charge in [-0.15, -0.1) is 0 Å². The van der Waals surface area contributed by atoms with E-state index >= 15 is 0 Å². The summed E-state index contributed by atoms with van der Waals surface area (Å²) in [6.45, 7) is 3.92. The van der Waals surface area contributed by atoms with Crippen molar-refractivity contribution in [3.8, 4) is 11.5 Å². The predicted molar refractivity (Wildman–Crippen MR) is 132 cm³/mol. The Bertz CT molecular complexity index is 1270. The van der Waals surface area contributed by atoms with E-state index in [9.17, 15) is 9.59 Å². The fourth-order valence-electron chi connectivity index (χ4n) is 3.64. The van der Waals surface area contributed by atoms with Crippen molar-refractivity contribution in [1.29, 1.82) is 0 Å². The van der Waals surface area contributed by atoms with E-state index in [0.29, 0.717) is 22.7 Å². The van der Waals surface area contributed by atoms with Gasteiger partial charge in [0.25, 0.3) is 5.91 Å². The van der Waals surface area contributed by atoms with Crippen molar-refractivity contribution in [2.45, 2.75) is 20.0 Å². The van der Waals surface area contributed by atoms with Gasteiger partial charge in [-0.25, -0.2) is 4.79 Å². The standard InChI is InChI=1S/C29H25NO4/c1-20-16-21(2)18-24(17-20)30-28(31)27(22-10-5-3-6-11-22)34-29(32)23-12-9-15-26(19-23)33-25-13-7-4-8-14-25/h3-19,27H,1-2H3,(H,30,31)/t27-/m1/s1. The summed E-state index contributed by atoms with van der Waals surface area (Å²) in [7, 11) is 0. The zero-order valence-electron chi connectivity index (χ0n) is 19.0. The fourth-order valence-corrected chi connectivity index (χ4v) is 3.64. The number of hydrogen-bond donors (Lipinski definition) is 1. The second-order valence-corrected chi connectivity index (χ2v) is 8.00. The van der Waals surface area contributed by atoms with Crippen molar-refractivity contribution in [1.82, 2.24) is 0 Å². The molecule has 0 aliphatic rings. The molecule has 1 atom stereocenters. The highest BCUT2D eigenvalue weighted by Gasteiger charge is 2.26. The molecule has 0 spiro atoms. The number of hydrogen-bond acceptors (Lipinski definition) is 4. The van der Waals surface area contributed by atoms with E-state index in [1.165, 1.54) is 0 Å². The van der Waals surface area contributed by atoms with Crippen LogP contribution in [0, 0.1) is 13.8 Å². The maximum absolute atomic E-state index is 13.2. The van der Waals surface area contributed by atoms with E-state index in [1.807, 2.05) is 68.4 Å². The molecule has 170 valence electrons. The number of anilines is 1. The smallest absolute Gasteiger partial charge is 0.339 e. The van der Waals surface area contributed by atoms with Crippen LogP contribution in [-0.4, -0.2) is 11.9 Å². The molecule has 5 nitrogen and oxygen atoms in total. The predicted octanol–water partition coefficient (Wildman–Crippen LogP) is 6.63. The number of ether oxygens (including phenoxy) is 2. The minimum atomic E-state index is -1.12. The SMILES string of the molecule is Cc1cc(C)cc(NC(=O)[C@H](OC(=O)c2cccc(Oc3ccccc3)c2)c2ccccc2)c1. The Hall–Kier alpha value is -4.38. The summed E-state index contributed by atoms with van der Waals surface area (Å²) in [6, 6.07) is 30.7. The molecule has 0 aliphatic heterocycles. The van der Waals surface area contributed by atoms with E-state index in [1.54, 1.807) is 48.5 Å². The lowest BCUT2D eigenvalue weighted by molar-refractivity contribution is -0.125. The van der Waals surface area contributed by atoms with Gasteiger partial charge in [0, 0.05) is 11.3 Å². The third kappa shape index (κ3) is 5.90. The maximum atomic E-state index is 13.2. The molecule has 0 aromatic heterocycles. The van der Waals surface area contributed by atoms with Crippen LogP contribution in [0.5, 0.6) is 11.5 Å². The number of carbonyl (C=O) groups is 2. The second kappa shape index (κ2) is 10.5. The van der Waals surface area contributed by atoms with E-state index < -0.39 is 18.0 Å². The van der Waals surface area contributed by atoms with Crippen molar-refractivity contribution >= 4 is 17.6 Å². The lowest BCUT2D eigenvalue weighted by atomic mass is 10.1. The molecule has 4 rings (SSSR count). The lowest BCUT2D eigenvalue weighted by Gasteiger charge is -2.19. The highest BCUT2D eigenvalue weighted by molar-refractivity contribution is 5.98. The van der Waals surface area contributed by atoms with Crippen LogP contribution in [-0.2, 0) is 9.53 Å². The third-order valence-electron chi connectivity index (χ3n) is 5.10. The number of carbonyl (C=O) groups excluding carboxylic acids is 2. The van der Waals surface area contributed by atoms with Gasteiger partial charge in [-0.3, -0.25) is 4.79 Å². The van der Waals surface area contributed by atoms with Gasteiger partial charge in [0.15, 0.2) is 0 Å². The van der Waals surface area contributed by atoms with Gasteiger partial charge < -0.3 is 14.8 Å². The number of aryl methyl sites for hydroxylation is 2. The van der Waals surface area contributed by atoms with Gasteiger partial charge in [-0.05, 0) is 67.4 Å². The molecule has 0 aliphatic carbocycles. The van der Waals surface area contributed by atoms with Gasteiger partial charge >= 0.3 is 5.97 Å². The van der Waals surface area contributed by atoms with Crippen LogP contribution >= 0.6 is 0 Å². The third-order valence-corrected chi connectivity index (χ3v) is 5.10. The maximum Gasteiger partial charge on any atom is 0.339 e. The minimum Gasteiger partial charge on any atom is -0.457 e. The first kappa shape index (κ1) is 22.8. The average Bonchev–Trinajstić information content (AvgIpc) is 2.83. The molecule has 0 heterocycles. The molecule has 4 aromatic rings. The molecule has 0 unspecified atom stereocenters. The van der Waals surface area contributed by atoms with Gasteiger partial charge in [0.1, 0.15) is 11.5 Å². The Labute approximate surface area is 199 Å². The summed E-state index contributed by atoms with van der Waals surface area (Å²) in [5, 5.41) is 2.88. The van der Waals surface area contributed by atoms with Crippen LogP contribution in [0.15, 0.2) is 103 Å². The van der Waals surface area contributed by atoms with Crippen LogP contribution in [0.1, 0.15) is 33.2 Å². The van der Waals surface area contributed by atoms with E-state index in [0.717, 1.165) is 11.1 Å². The Morgan fingerprint density at radius 2 is 1.32 bits per heavy atom. The molecular formula is C29H25NO4. The van der Waals surface area contributed by atoms with Gasteiger partial charge in [0.2, 0.25) is 6.10 Å². The van der Waals surface area contributed by atoms with Crippen molar-refractivity contribution in [2.24, 2.45) is 0 Å². The number of esters is 1. The topological polar surface area (TPSA) is 64.6 Å². The van der Waals surface area contributed by atoms with Crippen molar-refractivity contribution in [3.05, 3.63) is 125 Å². The first-order valence-electron chi connectivity index (χ1n) is 11.0. The fraction of sp³-hybridized carbons (Fsp3) is 0.103. The zero-order chi connectivity index (χ0) is 23.9. The van der Waals surface area contributed by atoms with Crippen LogP contribution in [0.2, 0.25) is 0 Å². The van der Waals surface area contributed by atoms with Gasteiger partial charge in [-0.2, -0.15) is 0 Å². The molecular weight excluding hydrogens is 426 g/mol. The number of benzene rings is 4. The summed E-state index contributed by atoms with van der Waals surface area (Å²) < 4.78 is 11.5. The number of para-hydroxylation sites is 1.